The molecule has 7 nitrogen and oxygen atoms in total. The van der Waals surface area contributed by atoms with Crippen molar-refractivity contribution in [2.24, 2.45) is 0 Å². The van der Waals surface area contributed by atoms with E-state index in [1.54, 1.807) is 12.4 Å². The fraction of sp³-hybridized carbons (Fsp3) is 0.571. The summed E-state index contributed by atoms with van der Waals surface area (Å²) >= 11 is 0. The van der Waals surface area contributed by atoms with Gasteiger partial charge in [-0.25, -0.2) is 9.97 Å². The van der Waals surface area contributed by atoms with E-state index in [0.717, 1.165) is 18.7 Å². The van der Waals surface area contributed by atoms with Crippen molar-refractivity contribution in [3.63, 3.8) is 0 Å². The number of nitrogens with two attached hydrogens (primary N) is 1. The van der Waals surface area contributed by atoms with Crippen LogP contribution in [0.15, 0.2) is 16.9 Å². The number of anilines is 1. The van der Waals surface area contributed by atoms with Gasteiger partial charge in [-0.1, -0.05) is 5.16 Å². The van der Waals surface area contributed by atoms with Crippen LogP contribution in [0.4, 0.5) is 5.82 Å². The predicted octanol–water partition coefficient (Wildman–Crippen LogP) is 1.45. The minimum Gasteiger partial charge on any atom is -0.382 e. The lowest BCUT2D eigenvalue weighted by Crippen LogP contribution is -2.39. The van der Waals surface area contributed by atoms with Crippen molar-refractivity contribution in [3.05, 3.63) is 18.2 Å². The average molecular weight is 286 g/mol. The van der Waals surface area contributed by atoms with E-state index < -0.39 is 0 Å². The molecule has 2 N–H and O–H groups in total. The molecule has 21 heavy (non-hydrogen) atoms. The Kier molecular flexibility index (Phi) is 2.88. The second kappa shape index (κ2) is 4.77. The van der Waals surface area contributed by atoms with E-state index in [1.165, 1.54) is 12.8 Å². The summed E-state index contributed by atoms with van der Waals surface area (Å²) in [6.45, 7) is 0. The molecule has 4 rings (SSSR count). The van der Waals surface area contributed by atoms with Gasteiger partial charge in [0.25, 0.3) is 5.89 Å². The number of hydrogen-bond acceptors (Lipinski definition) is 7. The van der Waals surface area contributed by atoms with Crippen LogP contribution in [0.3, 0.4) is 0 Å². The Balaban J connectivity index is 1.60. The number of nitrogens with zero attached hydrogens (tertiary/aromatic N) is 5. The second-order valence-electron chi connectivity index (χ2n) is 5.97. The summed E-state index contributed by atoms with van der Waals surface area (Å²) in [5.41, 5.74) is 6.27. The van der Waals surface area contributed by atoms with E-state index in [9.17, 15) is 0 Å². The Morgan fingerprint density at radius 1 is 1.19 bits per heavy atom. The van der Waals surface area contributed by atoms with Crippen LogP contribution in [-0.2, 0) is 0 Å². The minimum atomic E-state index is 0.316. The van der Waals surface area contributed by atoms with Crippen molar-refractivity contribution < 1.29 is 4.52 Å². The van der Waals surface area contributed by atoms with Crippen LogP contribution >= 0.6 is 0 Å². The first-order chi connectivity index (χ1) is 10.2. The van der Waals surface area contributed by atoms with Crippen LogP contribution in [0.5, 0.6) is 0 Å². The molecule has 0 aliphatic carbocycles. The van der Waals surface area contributed by atoms with Gasteiger partial charge in [0.15, 0.2) is 17.3 Å². The zero-order chi connectivity index (χ0) is 14.4. The summed E-state index contributed by atoms with van der Waals surface area (Å²) in [4.78, 5) is 15.2. The summed E-state index contributed by atoms with van der Waals surface area (Å²) in [5, 5.41) is 4.15. The Labute approximate surface area is 122 Å². The zero-order valence-electron chi connectivity index (χ0n) is 11.9. The Morgan fingerprint density at radius 2 is 1.90 bits per heavy atom. The molecule has 2 aromatic rings. The Morgan fingerprint density at radius 3 is 2.62 bits per heavy atom. The van der Waals surface area contributed by atoms with Gasteiger partial charge in [-0.05, 0) is 32.7 Å². The van der Waals surface area contributed by atoms with Gasteiger partial charge in [-0.15, -0.1) is 0 Å². The maximum atomic E-state index is 5.80. The predicted molar refractivity (Wildman–Crippen MR) is 76.3 cm³/mol. The fourth-order valence-electron chi connectivity index (χ4n) is 3.63. The third-order valence-corrected chi connectivity index (χ3v) is 4.83. The maximum Gasteiger partial charge on any atom is 0.280 e. The quantitative estimate of drug-likeness (QED) is 0.892. The lowest BCUT2D eigenvalue weighted by molar-refractivity contribution is 0.157. The average Bonchev–Trinajstić information content (AvgIpc) is 3.02. The van der Waals surface area contributed by atoms with E-state index in [0.29, 0.717) is 35.4 Å². The highest BCUT2D eigenvalue weighted by molar-refractivity contribution is 5.61. The molecule has 2 aliphatic heterocycles. The normalized spacial score (nSPS) is 28.9. The van der Waals surface area contributed by atoms with Crippen LogP contribution < -0.4 is 5.73 Å². The molecular weight excluding hydrogens is 268 g/mol. The van der Waals surface area contributed by atoms with E-state index in [-0.39, 0.29) is 0 Å². The number of fused-ring (bicyclic) bond motifs is 2. The standard InChI is InChI=1S/C14H18N6O/c1-20-9-2-3-10(20)7-8(6-9)13-18-14(21-19-13)11-12(15)17-5-4-16-11/h4-5,8-10H,2-3,6-7H2,1H3,(H2,15,17). The molecule has 2 saturated heterocycles. The smallest absolute Gasteiger partial charge is 0.280 e. The summed E-state index contributed by atoms with van der Waals surface area (Å²) in [6, 6.07) is 1.30. The summed E-state index contributed by atoms with van der Waals surface area (Å²) in [6.07, 6.45) is 7.87. The van der Waals surface area contributed by atoms with Gasteiger partial charge in [0.05, 0.1) is 0 Å². The first kappa shape index (κ1) is 12.7. The largest absolute Gasteiger partial charge is 0.382 e. The highest BCUT2D eigenvalue weighted by atomic mass is 16.5. The third-order valence-electron chi connectivity index (χ3n) is 4.83. The molecular formula is C14H18N6O. The highest BCUT2D eigenvalue weighted by Gasteiger charge is 2.40. The topological polar surface area (TPSA) is 94.0 Å². The van der Waals surface area contributed by atoms with Crippen molar-refractivity contribution in [1.29, 1.82) is 0 Å². The Bertz CT molecular complexity index is 642. The molecule has 4 heterocycles. The summed E-state index contributed by atoms with van der Waals surface area (Å²) < 4.78 is 5.35. The van der Waals surface area contributed by atoms with Crippen LogP contribution in [0.2, 0.25) is 0 Å². The van der Waals surface area contributed by atoms with Crippen molar-refractivity contribution >= 4 is 5.82 Å². The van der Waals surface area contributed by atoms with Crippen LogP contribution in [-0.4, -0.2) is 44.1 Å². The van der Waals surface area contributed by atoms with Gasteiger partial charge in [-0.3, -0.25) is 0 Å². The first-order valence-electron chi connectivity index (χ1n) is 7.34. The van der Waals surface area contributed by atoms with Crippen molar-refractivity contribution in [2.45, 2.75) is 43.7 Å². The first-order valence-corrected chi connectivity index (χ1v) is 7.34. The van der Waals surface area contributed by atoms with Gasteiger partial charge < -0.3 is 15.2 Å². The van der Waals surface area contributed by atoms with Crippen molar-refractivity contribution in [1.82, 2.24) is 25.0 Å². The van der Waals surface area contributed by atoms with E-state index in [2.05, 4.69) is 32.1 Å². The molecule has 0 aromatic carbocycles. The third kappa shape index (κ3) is 2.08. The maximum absolute atomic E-state index is 5.80. The highest BCUT2D eigenvalue weighted by Crippen LogP contribution is 2.41. The number of aromatic nitrogens is 4. The van der Waals surface area contributed by atoms with Crippen LogP contribution in [0.25, 0.3) is 11.6 Å². The molecule has 7 heteroatoms. The molecule has 2 aliphatic rings. The van der Waals surface area contributed by atoms with Crippen LogP contribution in [0, 0.1) is 0 Å². The molecule has 2 atom stereocenters. The number of hydrogen-bond donors (Lipinski definition) is 1. The molecule has 0 saturated carbocycles. The van der Waals surface area contributed by atoms with Crippen molar-refractivity contribution in [2.75, 3.05) is 12.8 Å². The molecule has 0 amide bonds. The molecule has 2 aromatic heterocycles. The number of piperidine rings is 1. The van der Waals surface area contributed by atoms with Crippen LogP contribution in [0.1, 0.15) is 37.4 Å². The molecule has 2 unspecified atom stereocenters. The molecule has 2 bridgehead atoms. The van der Waals surface area contributed by atoms with E-state index in [4.69, 9.17) is 10.3 Å². The number of rotatable bonds is 2. The molecule has 0 spiro atoms. The van der Waals surface area contributed by atoms with Gasteiger partial charge in [0.1, 0.15) is 0 Å². The lowest BCUT2D eigenvalue weighted by atomic mass is 9.90. The minimum absolute atomic E-state index is 0.316. The molecule has 110 valence electrons. The van der Waals surface area contributed by atoms with E-state index in [1.807, 2.05) is 0 Å². The second-order valence-corrected chi connectivity index (χ2v) is 5.97. The van der Waals surface area contributed by atoms with Gasteiger partial charge >= 0.3 is 0 Å². The SMILES string of the molecule is CN1C2CCC1CC(c1noc(-c3nccnc3N)n1)C2. The zero-order valence-corrected chi connectivity index (χ0v) is 11.9. The summed E-state index contributed by atoms with van der Waals surface area (Å²) in [7, 11) is 2.22. The summed E-state index contributed by atoms with van der Waals surface area (Å²) in [5.74, 6) is 1.83. The monoisotopic (exact) mass is 286 g/mol. The van der Waals surface area contributed by atoms with Gasteiger partial charge in [-0.2, -0.15) is 4.98 Å². The van der Waals surface area contributed by atoms with Gasteiger partial charge in [0, 0.05) is 30.4 Å². The fourth-order valence-corrected chi connectivity index (χ4v) is 3.63. The lowest BCUT2D eigenvalue weighted by Gasteiger charge is -2.34. The van der Waals surface area contributed by atoms with Gasteiger partial charge in [0.2, 0.25) is 0 Å². The Hall–Kier alpha value is -2.02. The molecule has 0 radical (unpaired) electrons. The van der Waals surface area contributed by atoms with E-state index >= 15 is 0 Å². The number of nitrogen functional groups attached to an aromatic ring is 1. The van der Waals surface area contributed by atoms with Crippen molar-refractivity contribution in [3.8, 4) is 11.6 Å². The molecule has 2 fully saturated rings.